The highest BCUT2D eigenvalue weighted by molar-refractivity contribution is 5.93. The lowest BCUT2D eigenvalue weighted by Gasteiger charge is -2.19. The number of hydrogen-bond acceptors (Lipinski definition) is 4. The Morgan fingerprint density at radius 2 is 1.87 bits per heavy atom. The van der Waals surface area contributed by atoms with Crippen LogP contribution in [0.4, 0.5) is 18.9 Å². The van der Waals surface area contributed by atoms with Gasteiger partial charge in [0.1, 0.15) is 12.7 Å². The van der Waals surface area contributed by atoms with Crippen LogP contribution in [0.2, 0.25) is 0 Å². The minimum absolute atomic E-state index is 0.0741. The first-order valence-electron chi connectivity index (χ1n) is 8.92. The maximum atomic E-state index is 13.2. The molecule has 156 valence electrons. The summed E-state index contributed by atoms with van der Waals surface area (Å²) < 4.78 is 40.7. The lowest BCUT2D eigenvalue weighted by molar-refractivity contribution is -0.137. The van der Waals surface area contributed by atoms with Gasteiger partial charge in [0, 0.05) is 6.92 Å². The Bertz CT molecular complexity index is 1020. The number of carbonyl (C=O) groups is 2. The molecule has 1 aromatic heterocycles. The maximum Gasteiger partial charge on any atom is 0.416 e. The standard InChI is InChI=1S/C20H18F3N5O2/c1-13(29)26-16(14-5-3-2-4-6-14)10-19(30)27-17-9-15(20(21,22)23)7-8-18(17)28-12-24-11-25-28/h2-9,11-12,16H,10H2,1H3,(H,26,29)(H,27,30)/t16-/m1/s1. The molecule has 0 radical (unpaired) electrons. The molecule has 0 saturated heterocycles. The van der Waals surface area contributed by atoms with Gasteiger partial charge in [0.05, 0.1) is 29.4 Å². The van der Waals surface area contributed by atoms with Crippen LogP contribution in [0.25, 0.3) is 5.69 Å². The van der Waals surface area contributed by atoms with Crippen molar-refractivity contribution in [1.29, 1.82) is 0 Å². The molecule has 1 atom stereocenters. The van der Waals surface area contributed by atoms with Crippen LogP contribution in [-0.2, 0) is 15.8 Å². The number of alkyl halides is 3. The molecular formula is C20H18F3N5O2. The summed E-state index contributed by atoms with van der Waals surface area (Å²) in [6.07, 6.45) is -2.21. The van der Waals surface area contributed by atoms with Crippen molar-refractivity contribution in [3.05, 3.63) is 72.3 Å². The Balaban J connectivity index is 1.88. The molecule has 1 heterocycles. The van der Waals surface area contributed by atoms with E-state index in [1.807, 2.05) is 0 Å². The highest BCUT2D eigenvalue weighted by atomic mass is 19.4. The number of aromatic nitrogens is 3. The Morgan fingerprint density at radius 1 is 1.13 bits per heavy atom. The third-order valence-corrected chi connectivity index (χ3v) is 4.23. The van der Waals surface area contributed by atoms with Gasteiger partial charge in [-0.2, -0.15) is 18.3 Å². The molecule has 2 amide bonds. The second-order valence-corrected chi connectivity index (χ2v) is 6.49. The first-order chi connectivity index (χ1) is 14.2. The minimum Gasteiger partial charge on any atom is -0.349 e. The van der Waals surface area contributed by atoms with Crippen molar-refractivity contribution < 1.29 is 22.8 Å². The molecule has 0 aliphatic heterocycles. The number of halogens is 3. The fourth-order valence-corrected chi connectivity index (χ4v) is 2.91. The van der Waals surface area contributed by atoms with E-state index >= 15 is 0 Å². The monoisotopic (exact) mass is 417 g/mol. The molecule has 2 aromatic carbocycles. The van der Waals surface area contributed by atoms with Crippen LogP contribution in [0.15, 0.2) is 61.2 Å². The molecule has 10 heteroatoms. The van der Waals surface area contributed by atoms with Crippen molar-refractivity contribution in [3.63, 3.8) is 0 Å². The largest absolute Gasteiger partial charge is 0.416 e. The number of nitrogens with zero attached hydrogens (tertiary/aromatic N) is 3. The molecule has 0 fully saturated rings. The summed E-state index contributed by atoms with van der Waals surface area (Å²) >= 11 is 0. The van der Waals surface area contributed by atoms with Crippen LogP contribution < -0.4 is 10.6 Å². The van der Waals surface area contributed by atoms with Gasteiger partial charge < -0.3 is 10.6 Å². The van der Waals surface area contributed by atoms with E-state index in [4.69, 9.17) is 0 Å². The Morgan fingerprint density at radius 3 is 2.47 bits per heavy atom. The van der Waals surface area contributed by atoms with Gasteiger partial charge in [-0.3, -0.25) is 9.59 Å². The van der Waals surface area contributed by atoms with Gasteiger partial charge in [0.25, 0.3) is 0 Å². The van der Waals surface area contributed by atoms with Crippen molar-refractivity contribution in [3.8, 4) is 5.69 Å². The van der Waals surface area contributed by atoms with Gasteiger partial charge in [0.2, 0.25) is 11.8 Å². The van der Waals surface area contributed by atoms with Crippen LogP contribution in [-0.4, -0.2) is 26.6 Å². The maximum absolute atomic E-state index is 13.2. The average molecular weight is 417 g/mol. The summed E-state index contributed by atoms with van der Waals surface area (Å²) in [6, 6.07) is 11.1. The summed E-state index contributed by atoms with van der Waals surface area (Å²) in [4.78, 5) is 28.0. The molecule has 0 aliphatic rings. The van der Waals surface area contributed by atoms with Crippen LogP contribution in [0.3, 0.4) is 0 Å². The molecular weight excluding hydrogens is 399 g/mol. The van der Waals surface area contributed by atoms with Gasteiger partial charge in [-0.1, -0.05) is 30.3 Å². The lowest BCUT2D eigenvalue weighted by Crippen LogP contribution is -2.30. The zero-order valence-corrected chi connectivity index (χ0v) is 15.8. The first kappa shape index (κ1) is 21.0. The van der Waals surface area contributed by atoms with Crippen molar-refractivity contribution in [2.75, 3.05) is 5.32 Å². The predicted octanol–water partition coefficient (Wildman–Crippen LogP) is 3.49. The zero-order chi connectivity index (χ0) is 21.7. The van der Waals surface area contributed by atoms with E-state index in [9.17, 15) is 22.8 Å². The smallest absolute Gasteiger partial charge is 0.349 e. The normalized spacial score (nSPS) is 12.3. The number of benzene rings is 2. The number of carbonyl (C=O) groups excluding carboxylic acids is 2. The first-order valence-corrected chi connectivity index (χ1v) is 8.92. The van der Waals surface area contributed by atoms with Gasteiger partial charge >= 0.3 is 6.18 Å². The third-order valence-electron chi connectivity index (χ3n) is 4.23. The quantitative estimate of drug-likeness (QED) is 0.643. The summed E-state index contributed by atoms with van der Waals surface area (Å²) in [5.41, 5.74) is -0.0638. The second-order valence-electron chi connectivity index (χ2n) is 6.49. The van der Waals surface area contributed by atoms with Gasteiger partial charge in [-0.15, -0.1) is 0 Å². The SMILES string of the molecule is CC(=O)N[C@H](CC(=O)Nc1cc(C(F)(F)F)ccc1-n1cncn1)c1ccccc1. The Labute approximate surface area is 169 Å². The molecule has 0 unspecified atom stereocenters. The molecule has 0 saturated carbocycles. The van der Waals surface area contributed by atoms with E-state index < -0.39 is 23.7 Å². The molecule has 0 bridgehead atoms. The van der Waals surface area contributed by atoms with Crippen molar-refractivity contribution in [2.45, 2.75) is 25.6 Å². The minimum atomic E-state index is -4.58. The molecule has 3 aromatic rings. The number of amides is 2. The van der Waals surface area contributed by atoms with Crippen molar-refractivity contribution >= 4 is 17.5 Å². The van der Waals surface area contributed by atoms with Gasteiger partial charge in [-0.05, 0) is 23.8 Å². The zero-order valence-electron chi connectivity index (χ0n) is 15.8. The van der Waals surface area contributed by atoms with Crippen molar-refractivity contribution in [1.82, 2.24) is 20.1 Å². The Kier molecular flexibility index (Phi) is 6.14. The molecule has 3 rings (SSSR count). The lowest BCUT2D eigenvalue weighted by atomic mass is 10.0. The fraction of sp³-hybridized carbons (Fsp3) is 0.200. The van der Waals surface area contributed by atoms with E-state index in [-0.39, 0.29) is 23.7 Å². The topological polar surface area (TPSA) is 88.9 Å². The Hall–Kier alpha value is -3.69. The van der Waals surface area contributed by atoms with Gasteiger partial charge in [-0.25, -0.2) is 9.67 Å². The van der Waals surface area contributed by atoms with E-state index in [2.05, 4.69) is 20.7 Å². The molecule has 7 nitrogen and oxygen atoms in total. The third kappa shape index (κ3) is 5.22. The highest BCUT2D eigenvalue weighted by Gasteiger charge is 2.31. The molecule has 0 spiro atoms. The molecule has 0 aliphatic carbocycles. The summed E-state index contributed by atoms with van der Waals surface area (Å²) in [5.74, 6) is -0.905. The van der Waals surface area contributed by atoms with E-state index in [0.717, 1.165) is 12.1 Å². The fourth-order valence-electron chi connectivity index (χ4n) is 2.91. The summed E-state index contributed by atoms with van der Waals surface area (Å²) in [5, 5.41) is 9.10. The van der Waals surface area contributed by atoms with E-state index in [1.54, 1.807) is 30.3 Å². The van der Waals surface area contributed by atoms with Crippen LogP contribution in [0.5, 0.6) is 0 Å². The van der Waals surface area contributed by atoms with E-state index in [1.165, 1.54) is 30.3 Å². The summed E-state index contributed by atoms with van der Waals surface area (Å²) in [6.45, 7) is 1.32. The number of anilines is 1. The molecule has 2 N–H and O–H groups in total. The van der Waals surface area contributed by atoms with E-state index in [0.29, 0.717) is 5.56 Å². The van der Waals surface area contributed by atoms with Crippen LogP contribution in [0, 0.1) is 0 Å². The average Bonchev–Trinajstić information content (AvgIpc) is 3.21. The molecule has 30 heavy (non-hydrogen) atoms. The van der Waals surface area contributed by atoms with Crippen LogP contribution in [0.1, 0.15) is 30.5 Å². The second kappa shape index (κ2) is 8.76. The number of nitrogens with one attached hydrogen (secondary N) is 2. The number of rotatable bonds is 6. The number of hydrogen-bond donors (Lipinski definition) is 2. The van der Waals surface area contributed by atoms with Gasteiger partial charge in [0.15, 0.2) is 0 Å². The predicted molar refractivity (Wildman–Crippen MR) is 103 cm³/mol. The summed E-state index contributed by atoms with van der Waals surface area (Å²) in [7, 11) is 0. The van der Waals surface area contributed by atoms with Crippen LogP contribution >= 0.6 is 0 Å². The highest BCUT2D eigenvalue weighted by Crippen LogP contribution is 2.33. The van der Waals surface area contributed by atoms with Crippen molar-refractivity contribution in [2.24, 2.45) is 0 Å².